The summed E-state index contributed by atoms with van der Waals surface area (Å²) in [5.74, 6) is 0.825. The third kappa shape index (κ3) is 7.45. The maximum atomic E-state index is 11.9. The minimum Gasteiger partial charge on any atom is -0.508 e. The van der Waals surface area contributed by atoms with E-state index in [9.17, 15) is 4.79 Å². The van der Waals surface area contributed by atoms with Crippen molar-refractivity contribution >= 4 is 29.1 Å². The molecule has 178 valence electrons. The molecule has 6 heteroatoms. The Morgan fingerprint density at radius 2 is 1.59 bits per heavy atom. The first-order valence-corrected chi connectivity index (χ1v) is 11.3. The van der Waals surface area contributed by atoms with Gasteiger partial charge in [-0.25, -0.2) is 9.98 Å². The van der Waals surface area contributed by atoms with Crippen molar-refractivity contribution in [3.05, 3.63) is 94.9 Å². The number of aliphatic imine (C=N–C) groups is 1. The molecule has 0 spiro atoms. The lowest BCUT2D eigenvalue weighted by Gasteiger charge is -2.03. The number of para-hydroxylation sites is 1. The van der Waals surface area contributed by atoms with Crippen molar-refractivity contribution < 1.29 is 5.11 Å². The van der Waals surface area contributed by atoms with Crippen molar-refractivity contribution in [2.75, 3.05) is 0 Å². The first-order valence-electron chi connectivity index (χ1n) is 11.3. The normalized spacial score (nSPS) is 9.68. The highest BCUT2D eigenvalue weighted by atomic mass is 16.3. The van der Waals surface area contributed by atoms with E-state index in [-0.39, 0.29) is 11.2 Å². The Morgan fingerprint density at radius 1 is 0.971 bits per heavy atom. The number of hydrogen-bond acceptors (Lipinski definition) is 4. The van der Waals surface area contributed by atoms with Crippen LogP contribution in [0.1, 0.15) is 39.0 Å². The van der Waals surface area contributed by atoms with Crippen LogP contribution in [0.5, 0.6) is 5.75 Å². The highest BCUT2D eigenvalue weighted by molar-refractivity contribution is 5.81. The first-order chi connectivity index (χ1) is 16.5. The summed E-state index contributed by atoms with van der Waals surface area (Å²) in [5, 5.41) is 9.88. The number of pyridine rings is 2. The van der Waals surface area contributed by atoms with Crippen molar-refractivity contribution in [1.82, 2.24) is 9.97 Å². The number of aromatic hydroxyl groups is 1. The number of aromatic amines is 1. The molecule has 0 aliphatic rings. The second kappa shape index (κ2) is 14.8. The summed E-state index contributed by atoms with van der Waals surface area (Å²) in [4.78, 5) is 23.1. The summed E-state index contributed by atoms with van der Waals surface area (Å²) < 4.78 is 0. The number of rotatable bonds is 3. The minimum atomic E-state index is 0.0480. The van der Waals surface area contributed by atoms with Gasteiger partial charge in [0.2, 0.25) is 0 Å². The zero-order chi connectivity index (χ0) is 25.5. The molecule has 2 aromatic heterocycles. The molecule has 0 fully saturated rings. The van der Waals surface area contributed by atoms with Gasteiger partial charge in [0.25, 0.3) is 0 Å². The number of aryl methyl sites for hydroxylation is 1. The van der Waals surface area contributed by atoms with E-state index < -0.39 is 0 Å². The van der Waals surface area contributed by atoms with E-state index in [1.165, 1.54) is 6.34 Å². The number of phenolic OH excluding ortho intramolecular Hbond substituents is 1. The second-order valence-corrected chi connectivity index (χ2v) is 6.47. The number of H-pyrrole nitrogens is 1. The van der Waals surface area contributed by atoms with Crippen LogP contribution in [-0.4, -0.2) is 21.4 Å². The standard InChI is InChI=1S/C12H11N3O.C12H11NO.2C2H6/c13-8-15-12-6-3-10(7-14-12)9-1-4-11(16)5-2-9;1-3-9-8(2)13-11-7-5-4-6-10(11)12(9)14;2*1-2/h1-8,16H,(H2,13,14,15);3-7H,1H2,2H3,(H,13,14);2*1-2H3. The maximum absolute atomic E-state index is 11.9. The molecule has 0 unspecified atom stereocenters. The fourth-order valence-electron chi connectivity index (χ4n) is 2.98. The molecule has 0 saturated heterocycles. The number of nitrogens with two attached hydrogens (primary N) is 1. The van der Waals surface area contributed by atoms with Crippen molar-refractivity contribution in [1.29, 1.82) is 0 Å². The fraction of sp³-hybridized carbons (Fsp3) is 0.179. The number of phenols is 1. The number of hydrogen-bond donors (Lipinski definition) is 3. The topological polar surface area (TPSA) is 104 Å². The molecule has 4 rings (SSSR count). The highest BCUT2D eigenvalue weighted by Crippen LogP contribution is 2.22. The molecule has 0 atom stereocenters. The Balaban J connectivity index is 0.000000299. The molecule has 0 amide bonds. The molecule has 0 aliphatic carbocycles. The lowest BCUT2D eigenvalue weighted by atomic mass is 10.1. The molecule has 4 N–H and O–H groups in total. The van der Waals surface area contributed by atoms with Crippen molar-refractivity contribution in [3.63, 3.8) is 0 Å². The number of benzene rings is 2. The average Bonchev–Trinajstić information content (AvgIpc) is 2.88. The molecule has 6 nitrogen and oxygen atoms in total. The van der Waals surface area contributed by atoms with Gasteiger partial charge in [-0.1, -0.05) is 64.6 Å². The van der Waals surface area contributed by atoms with Gasteiger partial charge in [0.05, 0.1) is 6.34 Å². The third-order valence-corrected chi connectivity index (χ3v) is 4.50. The van der Waals surface area contributed by atoms with E-state index in [4.69, 9.17) is 10.8 Å². The molecule has 34 heavy (non-hydrogen) atoms. The number of nitrogens with zero attached hydrogens (tertiary/aromatic N) is 2. The van der Waals surface area contributed by atoms with Crippen LogP contribution in [-0.2, 0) is 0 Å². The van der Waals surface area contributed by atoms with Gasteiger partial charge in [-0.05, 0) is 48.9 Å². The van der Waals surface area contributed by atoms with Gasteiger partial charge in [0, 0.05) is 33.9 Å². The summed E-state index contributed by atoms with van der Waals surface area (Å²) in [7, 11) is 0. The molecule has 0 radical (unpaired) electrons. The van der Waals surface area contributed by atoms with E-state index in [1.807, 2.05) is 77.1 Å². The lowest BCUT2D eigenvalue weighted by Crippen LogP contribution is -2.09. The number of nitrogens with one attached hydrogen (secondary N) is 1. The SMILES string of the molecule is C=Cc1c(C)[nH]c2ccccc2c1=O.CC.CC.NC=Nc1ccc(-c2ccc(O)cc2)cn1. The van der Waals surface area contributed by atoms with Crippen LogP contribution in [0.25, 0.3) is 28.1 Å². The van der Waals surface area contributed by atoms with Gasteiger partial charge >= 0.3 is 0 Å². The zero-order valence-corrected chi connectivity index (χ0v) is 20.5. The Hall–Kier alpha value is -4.19. The molecule has 4 aromatic rings. The van der Waals surface area contributed by atoms with Crippen molar-refractivity contribution in [3.8, 4) is 16.9 Å². The maximum Gasteiger partial charge on any atom is 0.196 e. The van der Waals surface area contributed by atoms with Crippen LogP contribution < -0.4 is 11.2 Å². The molecule has 2 heterocycles. The number of aromatic nitrogens is 2. The van der Waals surface area contributed by atoms with Crippen LogP contribution in [0.3, 0.4) is 0 Å². The van der Waals surface area contributed by atoms with Gasteiger partial charge in [0.1, 0.15) is 5.75 Å². The molecule has 0 bridgehead atoms. The zero-order valence-electron chi connectivity index (χ0n) is 20.5. The summed E-state index contributed by atoms with van der Waals surface area (Å²) >= 11 is 0. The Bertz CT molecular complexity index is 1240. The van der Waals surface area contributed by atoms with Crippen LogP contribution in [0.4, 0.5) is 5.82 Å². The number of fused-ring (bicyclic) bond motifs is 1. The van der Waals surface area contributed by atoms with Gasteiger partial charge in [-0.15, -0.1) is 0 Å². The summed E-state index contributed by atoms with van der Waals surface area (Å²) in [6, 6.07) is 18.1. The summed E-state index contributed by atoms with van der Waals surface area (Å²) in [6.07, 6.45) is 4.53. The Morgan fingerprint density at radius 3 is 2.15 bits per heavy atom. The van der Waals surface area contributed by atoms with E-state index in [2.05, 4.69) is 21.5 Å². The largest absolute Gasteiger partial charge is 0.508 e. The van der Waals surface area contributed by atoms with Gasteiger partial charge in [-0.2, -0.15) is 0 Å². The van der Waals surface area contributed by atoms with Gasteiger partial charge in [0.15, 0.2) is 11.2 Å². The second-order valence-electron chi connectivity index (χ2n) is 6.47. The van der Waals surface area contributed by atoms with Gasteiger partial charge in [-0.3, -0.25) is 4.79 Å². The molecule has 2 aromatic carbocycles. The van der Waals surface area contributed by atoms with Crippen molar-refractivity contribution in [2.45, 2.75) is 34.6 Å². The molecular weight excluding hydrogens is 424 g/mol. The van der Waals surface area contributed by atoms with Crippen LogP contribution >= 0.6 is 0 Å². The predicted molar refractivity (Wildman–Crippen MR) is 146 cm³/mol. The average molecular weight is 459 g/mol. The Kier molecular flexibility index (Phi) is 12.1. The minimum absolute atomic E-state index is 0.0480. The Labute approximate surface area is 201 Å². The quantitative estimate of drug-likeness (QED) is 0.237. The molecule has 0 saturated carbocycles. The molecule has 0 aliphatic heterocycles. The third-order valence-electron chi connectivity index (χ3n) is 4.50. The van der Waals surface area contributed by atoms with Crippen LogP contribution in [0.2, 0.25) is 0 Å². The fourth-order valence-corrected chi connectivity index (χ4v) is 2.98. The monoisotopic (exact) mass is 458 g/mol. The first kappa shape index (κ1) is 27.8. The van der Waals surface area contributed by atoms with E-state index in [0.717, 1.165) is 22.3 Å². The summed E-state index contributed by atoms with van der Waals surface area (Å²) in [5.41, 5.74) is 9.57. The van der Waals surface area contributed by atoms with Crippen LogP contribution in [0, 0.1) is 6.92 Å². The van der Waals surface area contributed by atoms with Crippen LogP contribution in [0.15, 0.2) is 83.2 Å². The van der Waals surface area contributed by atoms with Crippen molar-refractivity contribution in [2.24, 2.45) is 10.7 Å². The summed E-state index contributed by atoms with van der Waals surface area (Å²) in [6.45, 7) is 13.5. The molecular formula is C28H34N4O2. The van der Waals surface area contributed by atoms with E-state index in [0.29, 0.717) is 16.8 Å². The van der Waals surface area contributed by atoms with E-state index in [1.54, 1.807) is 30.5 Å². The van der Waals surface area contributed by atoms with Gasteiger partial charge < -0.3 is 15.8 Å². The lowest BCUT2D eigenvalue weighted by molar-refractivity contribution is 0.475. The van der Waals surface area contributed by atoms with E-state index >= 15 is 0 Å². The predicted octanol–water partition coefficient (Wildman–Crippen LogP) is 6.60. The smallest absolute Gasteiger partial charge is 0.196 e. The highest BCUT2D eigenvalue weighted by Gasteiger charge is 2.04.